The fourth-order valence-electron chi connectivity index (χ4n) is 4.14. The van der Waals surface area contributed by atoms with E-state index in [1.165, 1.54) is 11.1 Å². The first-order valence-corrected chi connectivity index (χ1v) is 11.4. The molecule has 0 aliphatic carbocycles. The van der Waals surface area contributed by atoms with Crippen LogP contribution in [0.5, 0.6) is 5.75 Å². The maximum atomic E-state index is 6.00. The second-order valence-corrected chi connectivity index (χ2v) is 8.54. The van der Waals surface area contributed by atoms with Crippen molar-refractivity contribution in [1.82, 2.24) is 9.88 Å². The minimum Gasteiger partial charge on any atom is -0.492 e. The highest BCUT2D eigenvalue weighted by molar-refractivity contribution is 6.30. The fraction of sp³-hybridized carbons (Fsp3) is 0.179. The van der Waals surface area contributed by atoms with E-state index in [1.54, 1.807) is 0 Å². The van der Waals surface area contributed by atoms with E-state index in [2.05, 4.69) is 52.3 Å². The van der Waals surface area contributed by atoms with Crippen LogP contribution in [0.15, 0.2) is 91.1 Å². The summed E-state index contributed by atoms with van der Waals surface area (Å²) in [6.07, 6.45) is 3.02. The van der Waals surface area contributed by atoms with E-state index in [0.29, 0.717) is 6.61 Å². The number of benzene rings is 3. The summed E-state index contributed by atoms with van der Waals surface area (Å²) in [5, 5.41) is 0.738. The van der Waals surface area contributed by atoms with Crippen LogP contribution in [0.4, 0.5) is 0 Å². The van der Waals surface area contributed by atoms with Crippen molar-refractivity contribution in [2.45, 2.75) is 13.0 Å². The lowest BCUT2D eigenvalue weighted by Crippen LogP contribution is -2.33. The Morgan fingerprint density at radius 1 is 0.781 bits per heavy atom. The van der Waals surface area contributed by atoms with Gasteiger partial charge < -0.3 is 4.74 Å². The zero-order valence-corrected chi connectivity index (χ0v) is 18.6. The van der Waals surface area contributed by atoms with Crippen molar-refractivity contribution in [1.29, 1.82) is 0 Å². The van der Waals surface area contributed by atoms with Crippen LogP contribution in [0.1, 0.15) is 11.1 Å². The van der Waals surface area contributed by atoms with E-state index in [-0.39, 0.29) is 0 Å². The lowest BCUT2D eigenvalue weighted by molar-refractivity contribution is 0.196. The number of nitrogens with zero attached hydrogens (tertiary/aromatic N) is 2. The molecule has 5 rings (SSSR count). The summed E-state index contributed by atoms with van der Waals surface area (Å²) in [6, 6.07) is 28.9. The Hall–Kier alpha value is -3.14. The van der Waals surface area contributed by atoms with E-state index in [0.717, 1.165) is 59.2 Å². The molecule has 2 heterocycles. The van der Waals surface area contributed by atoms with Crippen molar-refractivity contribution in [2.75, 3.05) is 19.7 Å². The Kier molecular flexibility index (Phi) is 6.20. The van der Waals surface area contributed by atoms with Gasteiger partial charge in [0.1, 0.15) is 12.4 Å². The molecular formula is C28H25ClN2O. The standard InChI is InChI=1S/C28H25ClN2O/c29-26-10-5-22(6-11-26)24-9-14-28(30-19-24)23-7-12-27(13-8-23)32-18-17-31-16-15-21-3-1-2-4-25(21)20-31/h1-14,19H,15-18,20H2. The van der Waals surface area contributed by atoms with Crippen molar-refractivity contribution in [3.05, 3.63) is 107 Å². The molecule has 4 aromatic rings. The normalized spacial score (nSPS) is 13.5. The van der Waals surface area contributed by atoms with Crippen molar-refractivity contribution in [3.8, 4) is 28.1 Å². The zero-order chi connectivity index (χ0) is 21.8. The molecule has 0 saturated heterocycles. The number of fused-ring (bicyclic) bond motifs is 1. The van der Waals surface area contributed by atoms with Gasteiger partial charge in [0.25, 0.3) is 0 Å². The Balaban J connectivity index is 1.15. The monoisotopic (exact) mass is 440 g/mol. The first kappa shape index (κ1) is 20.7. The van der Waals surface area contributed by atoms with E-state index < -0.39 is 0 Å². The average Bonchev–Trinajstić information content (AvgIpc) is 2.85. The molecular weight excluding hydrogens is 416 g/mol. The van der Waals surface area contributed by atoms with Gasteiger partial charge in [0, 0.05) is 42.0 Å². The topological polar surface area (TPSA) is 25.4 Å². The van der Waals surface area contributed by atoms with Crippen LogP contribution >= 0.6 is 11.6 Å². The molecule has 32 heavy (non-hydrogen) atoms. The number of halogens is 1. The Morgan fingerprint density at radius 2 is 1.50 bits per heavy atom. The highest BCUT2D eigenvalue weighted by Crippen LogP contribution is 2.25. The summed E-state index contributed by atoms with van der Waals surface area (Å²) in [4.78, 5) is 7.10. The van der Waals surface area contributed by atoms with Gasteiger partial charge in [-0.05, 0) is 65.6 Å². The largest absolute Gasteiger partial charge is 0.492 e. The third kappa shape index (κ3) is 4.85. The van der Waals surface area contributed by atoms with Crippen LogP contribution in [0.2, 0.25) is 5.02 Å². The molecule has 0 atom stereocenters. The second-order valence-electron chi connectivity index (χ2n) is 8.11. The molecule has 3 nitrogen and oxygen atoms in total. The summed E-state index contributed by atoms with van der Waals surface area (Å²) in [5.41, 5.74) is 7.13. The highest BCUT2D eigenvalue weighted by atomic mass is 35.5. The van der Waals surface area contributed by atoms with Crippen LogP contribution in [-0.4, -0.2) is 29.6 Å². The van der Waals surface area contributed by atoms with Gasteiger partial charge in [-0.15, -0.1) is 0 Å². The van der Waals surface area contributed by atoms with Gasteiger partial charge in [0.2, 0.25) is 0 Å². The summed E-state index contributed by atoms with van der Waals surface area (Å²) < 4.78 is 6.00. The Morgan fingerprint density at radius 3 is 2.25 bits per heavy atom. The van der Waals surface area contributed by atoms with Crippen molar-refractivity contribution in [3.63, 3.8) is 0 Å². The third-order valence-corrected chi connectivity index (χ3v) is 6.23. The molecule has 0 spiro atoms. The third-order valence-electron chi connectivity index (χ3n) is 5.98. The van der Waals surface area contributed by atoms with Crippen LogP contribution in [0.3, 0.4) is 0 Å². The maximum absolute atomic E-state index is 6.00. The van der Waals surface area contributed by atoms with Crippen LogP contribution < -0.4 is 4.74 Å². The summed E-state index contributed by atoms with van der Waals surface area (Å²) in [7, 11) is 0. The first-order chi connectivity index (χ1) is 15.7. The summed E-state index contributed by atoms with van der Waals surface area (Å²) in [6.45, 7) is 3.73. The fourth-order valence-corrected chi connectivity index (χ4v) is 4.26. The average molecular weight is 441 g/mol. The molecule has 0 radical (unpaired) electrons. The number of hydrogen-bond donors (Lipinski definition) is 0. The van der Waals surface area contributed by atoms with E-state index in [1.807, 2.05) is 48.7 Å². The first-order valence-electron chi connectivity index (χ1n) is 11.0. The van der Waals surface area contributed by atoms with Crippen molar-refractivity contribution >= 4 is 11.6 Å². The van der Waals surface area contributed by atoms with Gasteiger partial charge in [-0.1, -0.05) is 54.1 Å². The number of pyridine rings is 1. The van der Waals surface area contributed by atoms with E-state index >= 15 is 0 Å². The zero-order valence-electron chi connectivity index (χ0n) is 17.9. The molecule has 0 N–H and O–H groups in total. The molecule has 0 bridgehead atoms. The van der Waals surface area contributed by atoms with Crippen LogP contribution in [-0.2, 0) is 13.0 Å². The van der Waals surface area contributed by atoms with Crippen LogP contribution in [0.25, 0.3) is 22.4 Å². The van der Waals surface area contributed by atoms with Crippen LogP contribution in [0, 0.1) is 0 Å². The van der Waals surface area contributed by atoms with E-state index in [4.69, 9.17) is 16.3 Å². The Bertz CT molecular complexity index is 1170. The molecule has 1 aliphatic heterocycles. The summed E-state index contributed by atoms with van der Waals surface area (Å²) in [5.74, 6) is 0.893. The molecule has 160 valence electrons. The lowest BCUT2D eigenvalue weighted by atomic mass is 10.0. The predicted molar refractivity (Wildman–Crippen MR) is 131 cm³/mol. The Labute approximate surface area is 194 Å². The van der Waals surface area contributed by atoms with Crippen molar-refractivity contribution in [2.24, 2.45) is 0 Å². The molecule has 3 aromatic carbocycles. The molecule has 1 aromatic heterocycles. The predicted octanol–water partition coefficient (Wildman–Crippen LogP) is 6.51. The van der Waals surface area contributed by atoms with E-state index in [9.17, 15) is 0 Å². The summed E-state index contributed by atoms with van der Waals surface area (Å²) >= 11 is 5.98. The minimum atomic E-state index is 0.690. The van der Waals surface area contributed by atoms with Gasteiger partial charge in [-0.25, -0.2) is 0 Å². The molecule has 1 aliphatic rings. The van der Waals surface area contributed by atoms with Crippen molar-refractivity contribution < 1.29 is 4.74 Å². The van der Waals surface area contributed by atoms with Gasteiger partial charge in [-0.3, -0.25) is 9.88 Å². The molecule has 0 saturated carbocycles. The van der Waals surface area contributed by atoms with Gasteiger partial charge in [0.15, 0.2) is 0 Å². The lowest BCUT2D eigenvalue weighted by Gasteiger charge is -2.28. The smallest absolute Gasteiger partial charge is 0.119 e. The highest BCUT2D eigenvalue weighted by Gasteiger charge is 2.15. The molecule has 0 unspecified atom stereocenters. The number of ether oxygens (including phenoxy) is 1. The SMILES string of the molecule is Clc1ccc(-c2ccc(-c3ccc(OCCN4CCc5ccccc5C4)cc3)nc2)cc1. The molecule has 4 heteroatoms. The quantitative estimate of drug-likeness (QED) is 0.342. The number of aromatic nitrogens is 1. The van der Waals surface area contributed by atoms with Gasteiger partial charge >= 0.3 is 0 Å². The minimum absolute atomic E-state index is 0.690. The molecule has 0 amide bonds. The molecule has 0 fully saturated rings. The number of rotatable bonds is 6. The van der Waals surface area contributed by atoms with Gasteiger partial charge in [0.05, 0.1) is 5.69 Å². The van der Waals surface area contributed by atoms with Gasteiger partial charge in [-0.2, -0.15) is 0 Å². The number of hydrogen-bond acceptors (Lipinski definition) is 3. The maximum Gasteiger partial charge on any atom is 0.119 e. The second kappa shape index (κ2) is 9.56.